The molecule has 0 bridgehead atoms. The Morgan fingerprint density at radius 2 is 1.56 bits per heavy atom. The Morgan fingerprint density at radius 3 is 2.04 bits per heavy atom. The molecule has 0 saturated carbocycles. The average Bonchev–Trinajstić information content (AvgIpc) is 3.55. The van der Waals surface area contributed by atoms with Crippen LogP contribution in [0, 0.1) is 35.3 Å². The van der Waals surface area contributed by atoms with Crippen LogP contribution in [0.2, 0.25) is 0 Å². The fourth-order valence-corrected chi connectivity index (χ4v) is 7.88. The van der Waals surface area contributed by atoms with Gasteiger partial charge in [-0.1, -0.05) is 61.0 Å². The lowest BCUT2D eigenvalue weighted by molar-refractivity contribution is -0.148. The minimum absolute atomic E-state index is 0.0178. The van der Waals surface area contributed by atoms with E-state index < -0.39 is 53.9 Å². The maximum absolute atomic E-state index is 14.3. The molecule has 0 spiro atoms. The highest BCUT2D eigenvalue weighted by Gasteiger charge is 2.45. The molecule has 1 aliphatic rings. The van der Waals surface area contributed by atoms with Crippen LogP contribution in [0.4, 0.5) is 8.78 Å². The molecule has 1 aromatic rings. The summed E-state index contributed by atoms with van der Waals surface area (Å²) in [7, 11) is 10.2. The van der Waals surface area contributed by atoms with Crippen LogP contribution >= 0.6 is 0 Å². The van der Waals surface area contributed by atoms with Gasteiger partial charge in [-0.2, -0.15) is 0 Å². The maximum Gasteiger partial charge on any atom is 0.245 e. The summed E-state index contributed by atoms with van der Waals surface area (Å²) in [6.07, 6.45) is -0.165. The second-order valence-electron chi connectivity index (χ2n) is 15.8. The molecular weight excluding hydrogens is 698 g/mol. The Labute approximate surface area is 322 Å². The van der Waals surface area contributed by atoms with E-state index in [1.165, 1.54) is 32.4 Å². The minimum Gasteiger partial charge on any atom is -0.379 e. The Balaban J connectivity index is 2.30. The summed E-state index contributed by atoms with van der Waals surface area (Å²) >= 11 is 0. The first kappa shape index (κ1) is 47.0. The summed E-state index contributed by atoms with van der Waals surface area (Å²) in [5.74, 6) is -3.31. The molecule has 54 heavy (non-hydrogen) atoms. The van der Waals surface area contributed by atoms with E-state index in [-0.39, 0.29) is 72.4 Å². The first-order chi connectivity index (χ1) is 25.4. The molecule has 2 rings (SSSR count). The van der Waals surface area contributed by atoms with Crippen LogP contribution in [0.15, 0.2) is 18.2 Å². The van der Waals surface area contributed by atoms with Crippen LogP contribution in [-0.4, -0.2) is 136 Å². The molecule has 1 fully saturated rings. The van der Waals surface area contributed by atoms with Gasteiger partial charge in [0, 0.05) is 46.0 Å². The molecule has 308 valence electrons. The lowest BCUT2D eigenvalue weighted by atomic mass is 9.89. The number of amides is 4. The molecule has 9 atom stereocenters. The fraction of sp³-hybridized carbons (Fsp3) is 0.750. The third-order valence-electron chi connectivity index (χ3n) is 11.1. The molecule has 0 aromatic heterocycles. The Bertz CT molecular complexity index is 1350. The number of hydrogen-bond acceptors (Lipinski definition) is 8. The van der Waals surface area contributed by atoms with Crippen molar-refractivity contribution in [3.63, 3.8) is 0 Å². The number of nitrogens with one attached hydrogen (secondary N) is 3. The Hall–Kier alpha value is -3.20. The van der Waals surface area contributed by atoms with Gasteiger partial charge in [0.1, 0.15) is 17.7 Å². The number of rotatable bonds is 21. The molecule has 1 aliphatic heterocycles. The predicted molar refractivity (Wildman–Crippen MR) is 207 cm³/mol. The zero-order valence-corrected chi connectivity index (χ0v) is 34.9. The standard InChI is InChI=1S/C40H68F2N6O6/c1-14-25(6)36(47(11)40(52)34(23(2)3)45-39(51)35(24(4)5)46(9)10)32(53-12)21-33(49)48-22-27(43-8)20-31(48)37(54-13)26(7)38(50)44-19-18-28-29(41)16-15-17-30(28)42/h15-17,23-27,31-32,34-37,43H,14,18-22H2,1-13H3,(H,44,50)(H,45,51)/t25-,26+,27-,31-,32+,34-,35-,36?,37+/m0/s1. The van der Waals surface area contributed by atoms with Gasteiger partial charge < -0.3 is 35.2 Å². The normalized spacial score (nSPS) is 20.0. The Morgan fingerprint density at radius 1 is 0.944 bits per heavy atom. The number of methoxy groups -OCH3 is 2. The van der Waals surface area contributed by atoms with Crippen molar-refractivity contribution in [3.05, 3.63) is 35.4 Å². The van der Waals surface area contributed by atoms with Crippen molar-refractivity contribution < 1.29 is 37.4 Å². The number of nitrogens with zero attached hydrogens (tertiary/aromatic N) is 3. The van der Waals surface area contributed by atoms with E-state index in [2.05, 4.69) is 16.0 Å². The monoisotopic (exact) mass is 767 g/mol. The van der Waals surface area contributed by atoms with Crippen LogP contribution in [0.1, 0.15) is 73.3 Å². The largest absolute Gasteiger partial charge is 0.379 e. The first-order valence-corrected chi connectivity index (χ1v) is 19.3. The highest BCUT2D eigenvalue weighted by atomic mass is 19.1. The van der Waals surface area contributed by atoms with Crippen LogP contribution < -0.4 is 16.0 Å². The summed E-state index contributed by atoms with van der Waals surface area (Å²) in [6.45, 7) is 13.9. The smallest absolute Gasteiger partial charge is 0.245 e. The highest BCUT2D eigenvalue weighted by molar-refractivity contribution is 5.90. The molecule has 3 N–H and O–H groups in total. The molecule has 0 aliphatic carbocycles. The van der Waals surface area contributed by atoms with Crippen molar-refractivity contribution in [2.75, 3.05) is 55.5 Å². The van der Waals surface area contributed by atoms with E-state index in [4.69, 9.17) is 9.47 Å². The van der Waals surface area contributed by atoms with E-state index in [9.17, 15) is 28.0 Å². The van der Waals surface area contributed by atoms with E-state index in [1.54, 1.807) is 23.8 Å². The van der Waals surface area contributed by atoms with Gasteiger partial charge >= 0.3 is 0 Å². The number of likely N-dealkylation sites (tertiary alicyclic amines) is 1. The van der Waals surface area contributed by atoms with Gasteiger partial charge in [-0.3, -0.25) is 24.1 Å². The third-order valence-corrected chi connectivity index (χ3v) is 11.1. The maximum atomic E-state index is 14.3. The van der Waals surface area contributed by atoms with Gasteiger partial charge in [-0.05, 0) is 63.9 Å². The lowest BCUT2D eigenvalue weighted by Gasteiger charge is -2.41. The number of carbonyl (C=O) groups excluding carboxylic acids is 4. The molecule has 14 heteroatoms. The summed E-state index contributed by atoms with van der Waals surface area (Å²) in [5, 5.41) is 9.06. The van der Waals surface area contributed by atoms with Gasteiger partial charge in [0.05, 0.1) is 42.7 Å². The minimum atomic E-state index is -0.788. The van der Waals surface area contributed by atoms with Gasteiger partial charge in [0.25, 0.3) is 0 Å². The van der Waals surface area contributed by atoms with Gasteiger partial charge in [-0.15, -0.1) is 0 Å². The number of carbonyl (C=O) groups is 4. The predicted octanol–water partition coefficient (Wildman–Crippen LogP) is 3.47. The second kappa shape index (κ2) is 21.8. The topological polar surface area (TPSA) is 133 Å². The summed E-state index contributed by atoms with van der Waals surface area (Å²) in [6, 6.07) is 1.44. The van der Waals surface area contributed by atoms with Crippen LogP contribution in [0.5, 0.6) is 0 Å². The molecule has 1 unspecified atom stereocenters. The zero-order valence-electron chi connectivity index (χ0n) is 34.9. The van der Waals surface area contributed by atoms with E-state index in [0.717, 1.165) is 0 Å². The van der Waals surface area contributed by atoms with Crippen molar-refractivity contribution in [1.29, 1.82) is 0 Å². The van der Waals surface area contributed by atoms with Crippen molar-refractivity contribution in [1.82, 2.24) is 30.7 Å². The third kappa shape index (κ3) is 11.9. The number of halogens is 2. The molecular formula is C40H68F2N6O6. The van der Waals surface area contributed by atoms with Gasteiger partial charge in [0.15, 0.2) is 0 Å². The molecule has 12 nitrogen and oxygen atoms in total. The van der Waals surface area contributed by atoms with Crippen molar-refractivity contribution in [3.8, 4) is 0 Å². The van der Waals surface area contributed by atoms with Crippen molar-refractivity contribution in [2.24, 2.45) is 23.7 Å². The lowest BCUT2D eigenvalue weighted by Crippen LogP contribution is -2.59. The average molecular weight is 767 g/mol. The van der Waals surface area contributed by atoms with Gasteiger partial charge in [-0.25, -0.2) is 8.78 Å². The SMILES string of the molecule is CC[C@H](C)C([C@@H](CC(=O)N1C[C@@H](NC)C[C@H]1[C@H](OC)[C@@H](C)C(=O)NCCc1c(F)cccc1F)OC)N(C)C(=O)[C@@H](NC(=O)[C@H](C(C)C)N(C)C)C(C)C. The molecule has 1 heterocycles. The van der Waals surface area contributed by atoms with E-state index in [0.29, 0.717) is 19.4 Å². The Kier molecular flexibility index (Phi) is 18.9. The second-order valence-corrected chi connectivity index (χ2v) is 15.8. The first-order valence-electron chi connectivity index (χ1n) is 19.3. The number of hydrogen-bond donors (Lipinski definition) is 3. The molecule has 1 aromatic carbocycles. The quantitative estimate of drug-likeness (QED) is 0.174. The van der Waals surface area contributed by atoms with Crippen LogP contribution in [0.25, 0.3) is 0 Å². The fourth-order valence-electron chi connectivity index (χ4n) is 7.88. The summed E-state index contributed by atoms with van der Waals surface area (Å²) < 4.78 is 40.2. The number of benzene rings is 1. The number of ether oxygens (including phenoxy) is 2. The number of likely N-dealkylation sites (N-methyl/N-ethyl adjacent to an activating group) is 3. The summed E-state index contributed by atoms with van der Waals surface area (Å²) in [5.41, 5.74) is -0.0949. The molecule has 4 amide bonds. The van der Waals surface area contributed by atoms with Gasteiger partial charge in [0.2, 0.25) is 23.6 Å². The van der Waals surface area contributed by atoms with Crippen LogP contribution in [-0.2, 0) is 35.1 Å². The molecule has 0 radical (unpaired) electrons. The van der Waals surface area contributed by atoms with E-state index >= 15 is 0 Å². The summed E-state index contributed by atoms with van der Waals surface area (Å²) in [4.78, 5) is 60.5. The highest BCUT2D eigenvalue weighted by Crippen LogP contribution is 2.30. The van der Waals surface area contributed by atoms with Crippen LogP contribution in [0.3, 0.4) is 0 Å². The van der Waals surface area contributed by atoms with Crippen molar-refractivity contribution >= 4 is 23.6 Å². The van der Waals surface area contributed by atoms with E-state index in [1.807, 2.05) is 67.6 Å². The zero-order chi connectivity index (χ0) is 41.0. The van der Waals surface area contributed by atoms with Crippen molar-refractivity contribution in [2.45, 2.75) is 117 Å². The molecule has 1 saturated heterocycles.